The molecule has 0 unspecified atom stereocenters. The molecule has 0 radical (unpaired) electrons. The van der Waals surface area contributed by atoms with E-state index in [0.717, 1.165) is 22.6 Å². The Balaban J connectivity index is 3.05. The molecular weight excluding hydrogens is 272 g/mol. The molecule has 3 nitrogen and oxygen atoms in total. The minimum Gasteiger partial charge on any atom is -0.462 e. The summed E-state index contributed by atoms with van der Waals surface area (Å²) < 4.78 is 5.57. The number of aliphatic imine (C=N–C) groups is 2. The lowest BCUT2D eigenvalue weighted by Crippen LogP contribution is -1.93. The number of hydrogen-bond acceptors (Lipinski definition) is 2. The second kappa shape index (κ2) is 7.65. The van der Waals surface area contributed by atoms with Crippen LogP contribution in [0.3, 0.4) is 0 Å². The first-order valence-corrected chi connectivity index (χ1v) is 6.58. The molecule has 0 spiro atoms. The van der Waals surface area contributed by atoms with E-state index in [0.29, 0.717) is 10.8 Å². The van der Waals surface area contributed by atoms with Crippen molar-refractivity contribution in [2.75, 3.05) is 7.05 Å². The Morgan fingerprint density at radius 3 is 2.65 bits per heavy atom. The fourth-order valence-corrected chi connectivity index (χ4v) is 1.69. The SMILES string of the molecule is C=C(C)Oc1cc(/C=C/C(C)=N\C=N/C)cc(Cl)c1C. The highest BCUT2D eigenvalue weighted by Crippen LogP contribution is 2.29. The molecule has 0 aliphatic heterocycles. The van der Waals surface area contributed by atoms with E-state index in [1.165, 1.54) is 6.34 Å². The monoisotopic (exact) mass is 290 g/mol. The van der Waals surface area contributed by atoms with Crippen molar-refractivity contribution in [3.63, 3.8) is 0 Å². The number of allylic oxidation sites excluding steroid dienone is 2. The standard InChI is InChI=1S/C16H19ClN2O/c1-11(2)20-16-9-14(8-15(17)13(16)4)7-6-12(3)19-10-18-5/h6-10H,1H2,2-5H3/b7-6+,18-10-,19-12-. The van der Waals surface area contributed by atoms with Crippen molar-refractivity contribution in [2.24, 2.45) is 9.98 Å². The Kier molecular flexibility index (Phi) is 6.19. The Morgan fingerprint density at radius 1 is 1.35 bits per heavy atom. The van der Waals surface area contributed by atoms with Crippen molar-refractivity contribution >= 4 is 29.7 Å². The fraction of sp³-hybridized carbons (Fsp3) is 0.250. The van der Waals surface area contributed by atoms with Crippen molar-refractivity contribution in [1.82, 2.24) is 0 Å². The van der Waals surface area contributed by atoms with Crippen LogP contribution in [0.15, 0.2) is 40.5 Å². The quantitative estimate of drug-likeness (QED) is 0.440. The third-order valence-corrected chi connectivity index (χ3v) is 2.89. The van der Waals surface area contributed by atoms with Crippen LogP contribution in [0.2, 0.25) is 5.02 Å². The molecule has 0 aliphatic rings. The zero-order valence-corrected chi connectivity index (χ0v) is 13.0. The van der Waals surface area contributed by atoms with Crippen molar-refractivity contribution < 1.29 is 4.74 Å². The lowest BCUT2D eigenvalue weighted by atomic mass is 10.1. The minimum atomic E-state index is 0.627. The van der Waals surface area contributed by atoms with Gasteiger partial charge in [0.2, 0.25) is 0 Å². The van der Waals surface area contributed by atoms with Crippen LogP contribution >= 0.6 is 11.6 Å². The number of halogens is 1. The fourth-order valence-electron chi connectivity index (χ4n) is 1.47. The van der Waals surface area contributed by atoms with E-state index in [1.807, 2.05) is 38.1 Å². The topological polar surface area (TPSA) is 34.0 Å². The predicted molar refractivity (Wildman–Crippen MR) is 88.2 cm³/mol. The lowest BCUT2D eigenvalue weighted by molar-refractivity contribution is 0.427. The Bertz CT molecular complexity index is 586. The summed E-state index contributed by atoms with van der Waals surface area (Å²) in [5.41, 5.74) is 2.70. The summed E-state index contributed by atoms with van der Waals surface area (Å²) in [6, 6.07) is 3.81. The van der Waals surface area contributed by atoms with Gasteiger partial charge in [-0.25, -0.2) is 4.99 Å². The van der Waals surface area contributed by atoms with Crippen LogP contribution in [-0.4, -0.2) is 19.1 Å². The summed E-state index contributed by atoms with van der Waals surface area (Å²) in [6.07, 6.45) is 5.34. The lowest BCUT2D eigenvalue weighted by Gasteiger charge is -2.10. The van der Waals surface area contributed by atoms with E-state index in [1.54, 1.807) is 14.0 Å². The van der Waals surface area contributed by atoms with Gasteiger partial charge in [-0.1, -0.05) is 24.3 Å². The molecular formula is C16H19ClN2O. The molecule has 0 aromatic heterocycles. The van der Waals surface area contributed by atoms with Gasteiger partial charge in [0, 0.05) is 23.3 Å². The average Bonchev–Trinajstić information content (AvgIpc) is 2.38. The smallest absolute Gasteiger partial charge is 0.131 e. The van der Waals surface area contributed by atoms with E-state index in [-0.39, 0.29) is 0 Å². The highest BCUT2D eigenvalue weighted by Gasteiger charge is 2.06. The van der Waals surface area contributed by atoms with Gasteiger partial charge in [0.05, 0.1) is 5.76 Å². The molecule has 1 aromatic rings. The Morgan fingerprint density at radius 2 is 2.05 bits per heavy atom. The maximum absolute atomic E-state index is 6.21. The minimum absolute atomic E-state index is 0.627. The van der Waals surface area contributed by atoms with Gasteiger partial charge < -0.3 is 4.74 Å². The van der Waals surface area contributed by atoms with Crippen LogP contribution in [0.5, 0.6) is 5.75 Å². The molecule has 0 fully saturated rings. The molecule has 0 saturated carbocycles. The first-order valence-electron chi connectivity index (χ1n) is 6.20. The van der Waals surface area contributed by atoms with E-state index >= 15 is 0 Å². The number of nitrogens with zero attached hydrogens (tertiary/aromatic N) is 2. The summed E-state index contributed by atoms with van der Waals surface area (Å²) >= 11 is 6.21. The second-order valence-corrected chi connectivity index (χ2v) is 4.81. The van der Waals surface area contributed by atoms with Gasteiger partial charge in [-0.3, -0.25) is 4.99 Å². The van der Waals surface area contributed by atoms with Gasteiger partial charge in [0.15, 0.2) is 0 Å². The first-order chi connectivity index (χ1) is 9.43. The van der Waals surface area contributed by atoms with Gasteiger partial charge in [-0.05, 0) is 44.5 Å². The van der Waals surface area contributed by atoms with Crippen LogP contribution in [0, 0.1) is 6.92 Å². The predicted octanol–water partition coefficient (Wildman–Crippen LogP) is 4.69. The summed E-state index contributed by atoms with van der Waals surface area (Å²) in [6.45, 7) is 9.36. The highest BCUT2D eigenvalue weighted by molar-refractivity contribution is 6.31. The van der Waals surface area contributed by atoms with E-state index < -0.39 is 0 Å². The zero-order chi connectivity index (χ0) is 15.1. The second-order valence-electron chi connectivity index (χ2n) is 4.41. The number of ether oxygens (including phenoxy) is 1. The van der Waals surface area contributed by atoms with Crippen molar-refractivity contribution in [2.45, 2.75) is 20.8 Å². The highest BCUT2D eigenvalue weighted by atomic mass is 35.5. The third kappa shape index (κ3) is 5.02. The van der Waals surface area contributed by atoms with E-state index in [9.17, 15) is 0 Å². The number of rotatable bonds is 5. The van der Waals surface area contributed by atoms with Crippen molar-refractivity contribution in [1.29, 1.82) is 0 Å². The van der Waals surface area contributed by atoms with Crippen LogP contribution in [-0.2, 0) is 0 Å². The molecule has 0 amide bonds. The molecule has 1 rings (SSSR count). The molecule has 4 heteroatoms. The molecule has 0 atom stereocenters. The zero-order valence-electron chi connectivity index (χ0n) is 12.3. The summed E-state index contributed by atoms with van der Waals surface area (Å²) in [4.78, 5) is 7.93. The van der Waals surface area contributed by atoms with Gasteiger partial charge in [0.25, 0.3) is 0 Å². The van der Waals surface area contributed by atoms with Crippen LogP contribution in [0.1, 0.15) is 25.0 Å². The van der Waals surface area contributed by atoms with Crippen LogP contribution in [0.4, 0.5) is 0 Å². The molecule has 1 aromatic carbocycles. The Labute approximate surface area is 125 Å². The largest absolute Gasteiger partial charge is 0.462 e. The van der Waals surface area contributed by atoms with Gasteiger partial charge in [0.1, 0.15) is 12.1 Å². The third-order valence-electron chi connectivity index (χ3n) is 2.50. The molecule has 106 valence electrons. The average molecular weight is 291 g/mol. The van der Waals surface area contributed by atoms with E-state index in [2.05, 4.69) is 16.6 Å². The molecule has 0 heterocycles. The summed E-state index contributed by atoms with van der Waals surface area (Å²) in [5.74, 6) is 1.34. The molecule has 0 saturated heterocycles. The van der Waals surface area contributed by atoms with E-state index in [4.69, 9.17) is 16.3 Å². The summed E-state index contributed by atoms with van der Waals surface area (Å²) in [5, 5.41) is 0.660. The van der Waals surface area contributed by atoms with Crippen molar-refractivity contribution in [3.05, 3.63) is 46.7 Å². The number of hydrogen-bond donors (Lipinski definition) is 0. The molecule has 0 N–H and O–H groups in total. The van der Waals surface area contributed by atoms with Crippen LogP contribution in [0.25, 0.3) is 6.08 Å². The molecule has 0 bridgehead atoms. The number of benzene rings is 1. The summed E-state index contributed by atoms with van der Waals surface area (Å²) in [7, 11) is 1.68. The van der Waals surface area contributed by atoms with Gasteiger partial charge in [-0.2, -0.15) is 0 Å². The maximum atomic E-state index is 6.21. The maximum Gasteiger partial charge on any atom is 0.131 e. The first kappa shape index (κ1) is 16.2. The van der Waals surface area contributed by atoms with Crippen molar-refractivity contribution in [3.8, 4) is 5.75 Å². The normalized spacial score (nSPS) is 12.3. The molecule has 0 aliphatic carbocycles. The Hall–Kier alpha value is -1.87. The van der Waals surface area contributed by atoms with Gasteiger partial charge >= 0.3 is 0 Å². The van der Waals surface area contributed by atoms with Gasteiger partial charge in [-0.15, -0.1) is 0 Å². The molecule has 20 heavy (non-hydrogen) atoms. The van der Waals surface area contributed by atoms with Crippen LogP contribution < -0.4 is 4.74 Å².